The molecule has 0 amide bonds. The zero-order chi connectivity index (χ0) is 9.14. The van der Waals surface area contributed by atoms with Gasteiger partial charge in [0.2, 0.25) is 0 Å². The van der Waals surface area contributed by atoms with Crippen molar-refractivity contribution >= 4 is 15.9 Å². The molecule has 2 N–H and O–H groups in total. The van der Waals surface area contributed by atoms with Crippen LogP contribution in [0.15, 0.2) is 22.7 Å². The number of hydrogen-bond acceptors (Lipinski definition) is 2. The van der Waals surface area contributed by atoms with E-state index in [4.69, 9.17) is 10.7 Å². The van der Waals surface area contributed by atoms with Crippen LogP contribution in [0, 0.1) is 6.92 Å². The summed E-state index contributed by atoms with van der Waals surface area (Å²) in [5, 5.41) is 0. The van der Waals surface area contributed by atoms with E-state index in [9.17, 15) is 0 Å². The molecule has 1 aromatic carbocycles. The number of aryl methyl sites for hydroxylation is 1. The molecule has 0 radical (unpaired) electrons. The summed E-state index contributed by atoms with van der Waals surface area (Å²) in [5.41, 5.74) is 2.29. The largest absolute Gasteiger partial charge is 0.297 e. The second-order valence-corrected chi connectivity index (χ2v) is 3.64. The quantitative estimate of drug-likeness (QED) is 0.792. The Labute approximate surface area is 80.8 Å². The van der Waals surface area contributed by atoms with Gasteiger partial charge < -0.3 is 0 Å². The Kier molecular flexibility index (Phi) is 3.26. The van der Waals surface area contributed by atoms with Crippen molar-refractivity contribution in [3.05, 3.63) is 33.8 Å². The molecule has 0 heterocycles. The lowest BCUT2D eigenvalue weighted by Gasteiger charge is -2.09. The fourth-order valence-corrected chi connectivity index (χ4v) is 1.34. The predicted octanol–water partition coefficient (Wildman–Crippen LogP) is 2.71. The number of benzene rings is 1. The van der Waals surface area contributed by atoms with E-state index in [0.717, 1.165) is 10.0 Å². The molecule has 2 nitrogen and oxygen atoms in total. The first kappa shape index (κ1) is 9.71. The normalized spacial score (nSPS) is 13.0. The zero-order valence-electron chi connectivity index (χ0n) is 7.17. The van der Waals surface area contributed by atoms with E-state index in [0.29, 0.717) is 0 Å². The first-order valence-corrected chi connectivity index (χ1v) is 4.56. The smallest absolute Gasteiger partial charge is 0.101 e. The fraction of sp³-hybridized carbons (Fsp3) is 0.333. The number of rotatable bonds is 2. The van der Waals surface area contributed by atoms with Crippen LogP contribution in [0.4, 0.5) is 0 Å². The van der Waals surface area contributed by atoms with E-state index in [1.807, 2.05) is 32.0 Å². The van der Waals surface area contributed by atoms with Gasteiger partial charge in [-0.1, -0.05) is 28.1 Å². The van der Waals surface area contributed by atoms with Crippen LogP contribution in [0.3, 0.4) is 0 Å². The summed E-state index contributed by atoms with van der Waals surface area (Å²) in [6.45, 7) is 3.96. The molecular formula is C9H12BrNO. The van der Waals surface area contributed by atoms with E-state index in [2.05, 4.69) is 15.9 Å². The molecule has 0 aliphatic heterocycles. The van der Waals surface area contributed by atoms with Gasteiger partial charge in [0.1, 0.15) is 6.10 Å². The van der Waals surface area contributed by atoms with Gasteiger partial charge in [0.15, 0.2) is 0 Å². The highest BCUT2D eigenvalue weighted by molar-refractivity contribution is 9.10. The molecular weight excluding hydrogens is 218 g/mol. The molecule has 0 aromatic heterocycles. The van der Waals surface area contributed by atoms with Gasteiger partial charge in [0, 0.05) is 4.47 Å². The van der Waals surface area contributed by atoms with Crippen molar-refractivity contribution in [2.75, 3.05) is 0 Å². The number of nitrogens with two attached hydrogens (primary N) is 1. The van der Waals surface area contributed by atoms with E-state index in [1.54, 1.807) is 0 Å². The first-order valence-electron chi connectivity index (χ1n) is 3.76. The minimum atomic E-state index is -0.0538. The number of hydrogen-bond donors (Lipinski definition) is 1. The summed E-state index contributed by atoms with van der Waals surface area (Å²) in [4.78, 5) is 4.71. The van der Waals surface area contributed by atoms with Crippen LogP contribution in [0.2, 0.25) is 0 Å². The average molecular weight is 230 g/mol. The van der Waals surface area contributed by atoms with Crippen LogP contribution >= 0.6 is 15.9 Å². The Balaban J connectivity index is 2.96. The van der Waals surface area contributed by atoms with Crippen molar-refractivity contribution in [3.8, 4) is 0 Å². The Hall–Kier alpha value is -0.380. The Bertz CT molecular complexity index is 275. The molecule has 1 aromatic rings. The van der Waals surface area contributed by atoms with Crippen molar-refractivity contribution in [1.82, 2.24) is 0 Å². The van der Waals surface area contributed by atoms with E-state index >= 15 is 0 Å². The second-order valence-electron chi connectivity index (χ2n) is 2.79. The van der Waals surface area contributed by atoms with E-state index in [1.165, 1.54) is 5.56 Å². The summed E-state index contributed by atoms with van der Waals surface area (Å²) in [5.74, 6) is 5.08. The monoisotopic (exact) mass is 229 g/mol. The van der Waals surface area contributed by atoms with Gasteiger partial charge in [-0.15, -0.1) is 0 Å². The highest BCUT2D eigenvalue weighted by Gasteiger charge is 2.05. The van der Waals surface area contributed by atoms with Gasteiger partial charge in [-0.25, -0.2) is 5.90 Å². The lowest BCUT2D eigenvalue weighted by Crippen LogP contribution is -2.05. The van der Waals surface area contributed by atoms with Gasteiger partial charge in [-0.05, 0) is 31.0 Å². The summed E-state index contributed by atoms with van der Waals surface area (Å²) in [6, 6.07) is 6.07. The average Bonchev–Trinajstić information content (AvgIpc) is 2.08. The van der Waals surface area contributed by atoms with E-state index < -0.39 is 0 Å². The zero-order valence-corrected chi connectivity index (χ0v) is 8.76. The molecule has 0 aliphatic rings. The molecule has 66 valence electrons. The number of halogens is 1. The van der Waals surface area contributed by atoms with Crippen LogP contribution < -0.4 is 5.90 Å². The molecule has 0 saturated heterocycles. The van der Waals surface area contributed by atoms with Gasteiger partial charge in [0.25, 0.3) is 0 Å². The second kappa shape index (κ2) is 4.03. The van der Waals surface area contributed by atoms with Crippen molar-refractivity contribution < 1.29 is 4.84 Å². The molecule has 1 unspecified atom stereocenters. The van der Waals surface area contributed by atoms with Crippen LogP contribution in [0.25, 0.3) is 0 Å². The van der Waals surface area contributed by atoms with Gasteiger partial charge in [-0.3, -0.25) is 4.84 Å². The standard InChI is InChI=1S/C9H12BrNO/c1-6-3-4-8(5-9(6)10)7(2)12-11/h3-5,7H,11H2,1-2H3. The van der Waals surface area contributed by atoms with Crippen LogP contribution in [-0.4, -0.2) is 0 Å². The molecule has 1 rings (SSSR count). The lowest BCUT2D eigenvalue weighted by molar-refractivity contribution is 0.0664. The summed E-state index contributed by atoms with van der Waals surface area (Å²) in [7, 11) is 0. The molecule has 3 heteroatoms. The lowest BCUT2D eigenvalue weighted by atomic mass is 10.1. The van der Waals surface area contributed by atoms with Crippen LogP contribution in [0.1, 0.15) is 24.2 Å². The molecule has 1 atom stereocenters. The third kappa shape index (κ3) is 2.06. The third-order valence-corrected chi connectivity index (χ3v) is 2.72. The van der Waals surface area contributed by atoms with Gasteiger partial charge in [0.05, 0.1) is 0 Å². The van der Waals surface area contributed by atoms with Crippen molar-refractivity contribution in [2.24, 2.45) is 5.90 Å². The predicted molar refractivity (Wildman–Crippen MR) is 52.6 cm³/mol. The van der Waals surface area contributed by atoms with Gasteiger partial charge in [-0.2, -0.15) is 0 Å². The molecule has 0 aliphatic carbocycles. The highest BCUT2D eigenvalue weighted by atomic mass is 79.9. The molecule has 0 spiro atoms. The molecule has 0 bridgehead atoms. The Morgan fingerprint density at radius 2 is 2.17 bits per heavy atom. The fourth-order valence-electron chi connectivity index (χ4n) is 0.941. The minimum Gasteiger partial charge on any atom is -0.297 e. The van der Waals surface area contributed by atoms with E-state index in [-0.39, 0.29) is 6.10 Å². The molecule has 0 saturated carbocycles. The van der Waals surface area contributed by atoms with Crippen LogP contribution in [0.5, 0.6) is 0 Å². The van der Waals surface area contributed by atoms with Crippen molar-refractivity contribution in [1.29, 1.82) is 0 Å². The summed E-state index contributed by atoms with van der Waals surface area (Å²) in [6.07, 6.45) is -0.0538. The summed E-state index contributed by atoms with van der Waals surface area (Å²) >= 11 is 3.45. The summed E-state index contributed by atoms with van der Waals surface area (Å²) < 4.78 is 1.09. The molecule has 12 heavy (non-hydrogen) atoms. The van der Waals surface area contributed by atoms with Crippen molar-refractivity contribution in [2.45, 2.75) is 20.0 Å². The third-order valence-electron chi connectivity index (χ3n) is 1.87. The Morgan fingerprint density at radius 3 is 2.67 bits per heavy atom. The maximum absolute atomic E-state index is 5.08. The first-order chi connectivity index (χ1) is 5.65. The maximum atomic E-state index is 5.08. The maximum Gasteiger partial charge on any atom is 0.101 e. The minimum absolute atomic E-state index is 0.0538. The molecule has 0 fully saturated rings. The Morgan fingerprint density at radius 1 is 1.50 bits per heavy atom. The van der Waals surface area contributed by atoms with Crippen molar-refractivity contribution in [3.63, 3.8) is 0 Å². The van der Waals surface area contributed by atoms with Gasteiger partial charge >= 0.3 is 0 Å². The SMILES string of the molecule is Cc1ccc(C(C)ON)cc1Br. The topological polar surface area (TPSA) is 35.2 Å². The van der Waals surface area contributed by atoms with Crippen LogP contribution in [-0.2, 0) is 4.84 Å². The highest BCUT2D eigenvalue weighted by Crippen LogP contribution is 2.22.